The molecular formula is C24H28F3NO3. The van der Waals surface area contributed by atoms with Gasteiger partial charge in [0.15, 0.2) is 0 Å². The second-order valence-corrected chi connectivity index (χ2v) is 8.12. The number of alkyl halides is 3. The molecule has 0 saturated heterocycles. The summed E-state index contributed by atoms with van der Waals surface area (Å²) in [6.45, 7) is 2.01. The molecule has 0 fully saturated rings. The van der Waals surface area contributed by atoms with Gasteiger partial charge in [0.2, 0.25) is 5.91 Å². The van der Waals surface area contributed by atoms with Crippen molar-refractivity contribution in [1.29, 1.82) is 0 Å². The molecule has 2 N–H and O–H groups in total. The fraction of sp³-hybridized carbons (Fsp3) is 0.417. The highest BCUT2D eigenvalue weighted by atomic mass is 19.4. The molecule has 0 heterocycles. The first-order chi connectivity index (χ1) is 14.6. The van der Waals surface area contributed by atoms with Gasteiger partial charge in [-0.05, 0) is 42.9 Å². The quantitative estimate of drug-likeness (QED) is 0.471. The van der Waals surface area contributed by atoms with Crippen LogP contribution in [0.3, 0.4) is 0 Å². The standard InChI is InChI=1S/C24H28F3NO3/c1-23(22(30)31,13-5-6-14-24(25,26)27)16-19-11-9-18(10-12-19)15-21(29)28-17-20-7-3-2-4-8-20/h2-4,7-12H,5-6,13-17H2,1H3,(H,28,29)(H,30,31). The van der Waals surface area contributed by atoms with Gasteiger partial charge >= 0.3 is 12.1 Å². The number of hydrogen-bond donors (Lipinski definition) is 2. The number of rotatable bonds is 11. The topological polar surface area (TPSA) is 66.4 Å². The van der Waals surface area contributed by atoms with Gasteiger partial charge in [0.05, 0.1) is 11.8 Å². The molecule has 0 aromatic heterocycles. The number of halogens is 3. The number of carbonyl (C=O) groups excluding carboxylic acids is 1. The van der Waals surface area contributed by atoms with Crippen LogP contribution < -0.4 is 5.32 Å². The van der Waals surface area contributed by atoms with Crippen LogP contribution in [0.15, 0.2) is 54.6 Å². The van der Waals surface area contributed by atoms with Gasteiger partial charge in [-0.15, -0.1) is 0 Å². The second kappa shape index (κ2) is 11.0. The molecular weight excluding hydrogens is 407 g/mol. The van der Waals surface area contributed by atoms with E-state index in [2.05, 4.69) is 5.32 Å². The van der Waals surface area contributed by atoms with Gasteiger partial charge in [0, 0.05) is 13.0 Å². The van der Waals surface area contributed by atoms with E-state index in [1.165, 1.54) is 0 Å². The van der Waals surface area contributed by atoms with E-state index < -0.39 is 24.0 Å². The summed E-state index contributed by atoms with van der Waals surface area (Å²) in [7, 11) is 0. The summed E-state index contributed by atoms with van der Waals surface area (Å²) in [5.41, 5.74) is 1.44. The van der Waals surface area contributed by atoms with Crippen LogP contribution in [-0.2, 0) is 29.0 Å². The zero-order valence-corrected chi connectivity index (χ0v) is 17.5. The Balaban J connectivity index is 1.87. The van der Waals surface area contributed by atoms with E-state index in [0.29, 0.717) is 6.54 Å². The van der Waals surface area contributed by atoms with Crippen molar-refractivity contribution in [1.82, 2.24) is 5.32 Å². The minimum absolute atomic E-state index is 0.0800. The fourth-order valence-corrected chi connectivity index (χ4v) is 3.38. The number of unbranched alkanes of at least 4 members (excludes halogenated alkanes) is 1. The monoisotopic (exact) mass is 435 g/mol. The maximum Gasteiger partial charge on any atom is 0.389 e. The SMILES string of the molecule is CC(CCCCC(F)(F)F)(Cc1ccc(CC(=O)NCc2ccccc2)cc1)C(=O)O. The van der Waals surface area contributed by atoms with Crippen molar-refractivity contribution in [3.8, 4) is 0 Å². The number of benzene rings is 2. The highest BCUT2D eigenvalue weighted by molar-refractivity contribution is 5.78. The molecule has 0 radical (unpaired) electrons. The predicted octanol–water partition coefficient (Wildman–Crippen LogP) is 5.30. The van der Waals surface area contributed by atoms with E-state index in [1.54, 1.807) is 31.2 Å². The largest absolute Gasteiger partial charge is 0.481 e. The van der Waals surface area contributed by atoms with E-state index in [0.717, 1.165) is 16.7 Å². The fourth-order valence-electron chi connectivity index (χ4n) is 3.38. The molecule has 2 aromatic rings. The Labute approximate surface area is 180 Å². The van der Waals surface area contributed by atoms with Gasteiger partial charge in [-0.3, -0.25) is 9.59 Å². The Kier molecular flexibility index (Phi) is 8.65. The van der Waals surface area contributed by atoms with Crippen molar-refractivity contribution < 1.29 is 27.9 Å². The molecule has 168 valence electrons. The van der Waals surface area contributed by atoms with E-state index in [1.807, 2.05) is 30.3 Å². The predicted molar refractivity (Wildman–Crippen MR) is 112 cm³/mol. The maximum atomic E-state index is 12.3. The van der Waals surface area contributed by atoms with Crippen molar-refractivity contribution in [3.63, 3.8) is 0 Å². The number of aliphatic carboxylic acids is 1. The van der Waals surface area contributed by atoms with Gasteiger partial charge in [-0.25, -0.2) is 0 Å². The Morgan fingerprint density at radius 1 is 0.871 bits per heavy atom. The van der Waals surface area contributed by atoms with E-state index in [9.17, 15) is 27.9 Å². The third-order valence-electron chi connectivity index (χ3n) is 5.27. The first kappa shape index (κ1) is 24.4. The van der Waals surface area contributed by atoms with E-state index in [-0.39, 0.29) is 38.0 Å². The lowest BCUT2D eigenvalue weighted by Crippen LogP contribution is -2.30. The lowest BCUT2D eigenvalue weighted by Gasteiger charge is -2.25. The van der Waals surface area contributed by atoms with Crippen LogP contribution in [0.25, 0.3) is 0 Å². The summed E-state index contributed by atoms with van der Waals surface area (Å²) in [5, 5.41) is 12.5. The number of carboxylic acids is 1. The number of amides is 1. The zero-order chi connectivity index (χ0) is 22.9. The molecule has 2 rings (SSSR count). The van der Waals surface area contributed by atoms with Gasteiger partial charge in [-0.1, -0.05) is 61.0 Å². The van der Waals surface area contributed by atoms with Crippen molar-refractivity contribution in [3.05, 3.63) is 71.3 Å². The Morgan fingerprint density at radius 2 is 1.45 bits per heavy atom. The summed E-state index contributed by atoms with van der Waals surface area (Å²) in [6.07, 6.45) is -4.41. The molecule has 0 aliphatic rings. The summed E-state index contributed by atoms with van der Waals surface area (Å²) in [5.74, 6) is -1.14. The lowest BCUT2D eigenvalue weighted by molar-refractivity contribution is -0.148. The average Bonchev–Trinajstić information content (AvgIpc) is 2.71. The summed E-state index contributed by atoms with van der Waals surface area (Å²) >= 11 is 0. The molecule has 0 aliphatic heterocycles. The zero-order valence-electron chi connectivity index (χ0n) is 17.5. The van der Waals surface area contributed by atoms with Crippen molar-refractivity contribution in [2.45, 2.75) is 58.2 Å². The normalized spacial score (nSPS) is 13.4. The summed E-state index contributed by atoms with van der Waals surface area (Å²) < 4.78 is 36.9. The highest BCUT2D eigenvalue weighted by Crippen LogP contribution is 2.31. The summed E-state index contributed by atoms with van der Waals surface area (Å²) in [6, 6.07) is 16.7. The van der Waals surface area contributed by atoms with Crippen molar-refractivity contribution in [2.24, 2.45) is 5.41 Å². The minimum atomic E-state index is -4.22. The molecule has 0 spiro atoms. The molecule has 2 aromatic carbocycles. The molecule has 1 amide bonds. The molecule has 1 unspecified atom stereocenters. The molecule has 4 nitrogen and oxygen atoms in total. The van der Waals surface area contributed by atoms with Gasteiger partial charge < -0.3 is 10.4 Å². The number of nitrogens with one attached hydrogen (secondary N) is 1. The number of hydrogen-bond acceptors (Lipinski definition) is 2. The Morgan fingerprint density at radius 3 is 2.03 bits per heavy atom. The van der Waals surface area contributed by atoms with Crippen molar-refractivity contribution >= 4 is 11.9 Å². The molecule has 1 atom stereocenters. The lowest BCUT2D eigenvalue weighted by atomic mass is 9.79. The number of carboxylic acid groups (broad SMARTS) is 1. The summed E-state index contributed by atoms with van der Waals surface area (Å²) in [4.78, 5) is 23.9. The Bertz CT molecular complexity index is 851. The van der Waals surface area contributed by atoms with Crippen LogP contribution in [0, 0.1) is 5.41 Å². The maximum absolute atomic E-state index is 12.3. The molecule has 0 saturated carbocycles. The van der Waals surface area contributed by atoms with Crippen molar-refractivity contribution in [2.75, 3.05) is 0 Å². The van der Waals surface area contributed by atoms with Gasteiger partial charge in [0.1, 0.15) is 0 Å². The second-order valence-electron chi connectivity index (χ2n) is 8.12. The van der Waals surface area contributed by atoms with Crippen LogP contribution in [0.2, 0.25) is 0 Å². The smallest absolute Gasteiger partial charge is 0.389 e. The number of carbonyl (C=O) groups is 2. The molecule has 7 heteroatoms. The minimum Gasteiger partial charge on any atom is -0.481 e. The first-order valence-corrected chi connectivity index (χ1v) is 10.3. The van der Waals surface area contributed by atoms with Crippen LogP contribution in [0.4, 0.5) is 13.2 Å². The third kappa shape index (κ3) is 8.82. The molecule has 0 bridgehead atoms. The highest BCUT2D eigenvalue weighted by Gasteiger charge is 2.33. The third-order valence-corrected chi connectivity index (χ3v) is 5.27. The first-order valence-electron chi connectivity index (χ1n) is 10.3. The van der Waals surface area contributed by atoms with Crippen LogP contribution in [0.5, 0.6) is 0 Å². The molecule has 31 heavy (non-hydrogen) atoms. The van der Waals surface area contributed by atoms with Crippen LogP contribution in [0.1, 0.15) is 49.3 Å². The van der Waals surface area contributed by atoms with Gasteiger partial charge in [-0.2, -0.15) is 13.2 Å². The van der Waals surface area contributed by atoms with Gasteiger partial charge in [0.25, 0.3) is 0 Å². The van der Waals surface area contributed by atoms with Crippen LogP contribution >= 0.6 is 0 Å². The van der Waals surface area contributed by atoms with Crippen LogP contribution in [-0.4, -0.2) is 23.2 Å². The average molecular weight is 435 g/mol. The molecule has 0 aliphatic carbocycles. The van der Waals surface area contributed by atoms with E-state index >= 15 is 0 Å². The Hall–Kier alpha value is -2.83. The van der Waals surface area contributed by atoms with E-state index in [4.69, 9.17) is 0 Å².